The number of anilines is 1. The number of nitrogen functional groups attached to an aromatic ring is 1. The van der Waals surface area contributed by atoms with Crippen molar-refractivity contribution in [1.82, 2.24) is 5.32 Å². The predicted molar refractivity (Wildman–Crippen MR) is 77.5 cm³/mol. The van der Waals surface area contributed by atoms with Crippen LogP contribution in [0.15, 0.2) is 22.7 Å². The molecule has 0 spiro atoms. The van der Waals surface area contributed by atoms with Gasteiger partial charge in [-0.15, -0.1) is 0 Å². The van der Waals surface area contributed by atoms with Gasteiger partial charge in [-0.05, 0) is 58.8 Å². The van der Waals surface area contributed by atoms with Crippen molar-refractivity contribution < 1.29 is 4.79 Å². The van der Waals surface area contributed by atoms with Crippen molar-refractivity contribution in [3.63, 3.8) is 0 Å². The highest BCUT2D eigenvalue weighted by atomic mass is 79.9. The van der Waals surface area contributed by atoms with Crippen LogP contribution in [0, 0.1) is 5.41 Å². The third kappa shape index (κ3) is 2.69. The molecule has 0 aliphatic heterocycles. The number of nitrogens with two attached hydrogens (primary N) is 1. The van der Waals surface area contributed by atoms with Gasteiger partial charge in [0.25, 0.3) is 5.91 Å². The fourth-order valence-electron chi connectivity index (χ4n) is 2.41. The molecule has 0 radical (unpaired) electrons. The van der Waals surface area contributed by atoms with Gasteiger partial charge in [0.15, 0.2) is 0 Å². The molecular formula is C14H19BrN2O. The van der Waals surface area contributed by atoms with Crippen LogP contribution in [0.4, 0.5) is 5.69 Å². The topological polar surface area (TPSA) is 55.1 Å². The van der Waals surface area contributed by atoms with Crippen LogP contribution in [-0.4, -0.2) is 12.5 Å². The average molecular weight is 311 g/mol. The van der Waals surface area contributed by atoms with E-state index in [1.54, 1.807) is 12.1 Å². The minimum atomic E-state index is -0.0473. The number of amides is 1. The molecule has 2 rings (SSSR count). The van der Waals surface area contributed by atoms with E-state index < -0.39 is 0 Å². The standard InChI is InChI=1S/C14H19BrN2O/c1-2-14(6-3-7-14)9-17-13(18)11-8-10(16)4-5-12(11)15/h4-5,8H,2-3,6-7,9,16H2,1H3,(H,17,18). The second kappa shape index (κ2) is 5.31. The zero-order chi connectivity index (χ0) is 13.2. The normalized spacial score (nSPS) is 17.0. The molecule has 0 aromatic heterocycles. The Kier molecular flexibility index (Phi) is 3.95. The SMILES string of the molecule is CCC1(CNC(=O)c2cc(N)ccc2Br)CCC1. The van der Waals surface area contributed by atoms with E-state index in [0.29, 0.717) is 16.7 Å². The molecule has 98 valence electrons. The molecule has 0 unspecified atom stereocenters. The molecule has 1 amide bonds. The molecule has 0 saturated heterocycles. The maximum atomic E-state index is 12.1. The summed E-state index contributed by atoms with van der Waals surface area (Å²) in [6.07, 6.45) is 4.86. The minimum absolute atomic E-state index is 0.0473. The number of halogens is 1. The van der Waals surface area contributed by atoms with Crippen LogP contribution in [0.1, 0.15) is 43.0 Å². The van der Waals surface area contributed by atoms with Crippen LogP contribution >= 0.6 is 15.9 Å². The van der Waals surface area contributed by atoms with Gasteiger partial charge >= 0.3 is 0 Å². The molecule has 0 atom stereocenters. The van der Waals surface area contributed by atoms with Gasteiger partial charge < -0.3 is 11.1 Å². The van der Waals surface area contributed by atoms with E-state index in [2.05, 4.69) is 28.2 Å². The van der Waals surface area contributed by atoms with Crippen LogP contribution in [0.3, 0.4) is 0 Å². The summed E-state index contributed by atoms with van der Waals surface area (Å²) in [5.74, 6) is -0.0473. The van der Waals surface area contributed by atoms with Gasteiger partial charge in [0, 0.05) is 16.7 Å². The number of nitrogens with one attached hydrogen (secondary N) is 1. The molecule has 1 fully saturated rings. The Morgan fingerprint density at radius 3 is 2.78 bits per heavy atom. The number of carbonyl (C=O) groups excluding carboxylic acids is 1. The van der Waals surface area contributed by atoms with E-state index in [0.717, 1.165) is 17.4 Å². The lowest BCUT2D eigenvalue weighted by molar-refractivity contribution is 0.0849. The molecule has 1 aromatic rings. The van der Waals surface area contributed by atoms with Crippen LogP contribution in [0.2, 0.25) is 0 Å². The Hall–Kier alpha value is -1.03. The molecule has 1 aliphatic carbocycles. The highest BCUT2D eigenvalue weighted by Crippen LogP contribution is 2.43. The largest absolute Gasteiger partial charge is 0.399 e. The second-order valence-electron chi connectivity index (χ2n) is 5.13. The summed E-state index contributed by atoms with van der Waals surface area (Å²) in [5, 5.41) is 3.04. The quantitative estimate of drug-likeness (QED) is 0.838. The van der Waals surface area contributed by atoms with E-state index >= 15 is 0 Å². The Morgan fingerprint density at radius 2 is 2.22 bits per heavy atom. The van der Waals surface area contributed by atoms with Crippen LogP contribution < -0.4 is 11.1 Å². The average Bonchev–Trinajstić information content (AvgIpc) is 2.31. The van der Waals surface area contributed by atoms with Crippen molar-refractivity contribution in [3.05, 3.63) is 28.2 Å². The predicted octanol–water partition coefficient (Wildman–Crippen LogP) is 3.34. The highest BCUT2D eigenvalue weighted by molar-refractivity contribution is 9.10. The Balaban J connectivity index is 2.01. The second-order valence-corrected chi connectivity index (χ2v) is 5.98. The lowest BCUT2D eigenvalue weighted by atomic mass is 9.67. The van der Waals surface area contributed by atoms with Gasteiger partial charge in [0.1, 0.15) is 0 Å². The third-order valence-electron chi connectivity index (χ3n) is 4.02. The van der Waals surface area contributed by atoms with Crippen molar-refractivity contribution in [2.24, 2.45) is 5.41 Å². The lowest BCUT2D eigenvalue weighted by Crippen LogP contribution is -2.41. The molecule has 1 aromatic carbocycles. The molecule has 0 bridgehead atoms. The van der Waals surface area contributed by atoms with Gasteiger partial charge in [-0.25, -0.2) is 0 Å². The Labute approximate surface area is 116 Å². The fraction of sp³-hybridized carbons (Fsp3) is 0.500. The number of benzene rings is 1. The summed E-state index contributed by atoms with van der Waals surface area (Å²) in [6, 6.07) is 5.29. The first-order chi connectivity index (χ1) is 8.56. The van der Waals surface area contributed by atoms with Crippen molar-refractivity contribution in [2.75, 3.05) is 12.3 Å². The van der Waals surface area contributed by atoms with E-state index in [4.69, 9.17) is 5.73 Å². The van der Waals surface area contributed by atoms with Crippen LogP contribution in [-0.2, 0) is 0 Å². The van der Waals surface area contributed by atoms with Crippen molar-refractivity contribution >= 4 is 27.5 Å². The third-order valence-corrected chi connectivity index (χ3v) is 4.71. The van der Waals surface area contributed by atoms with Gasteiger partial charge in [0.05, 0.1) is 5.56 Å². The first kappa shape index (κ1) is 13.4. The first-order valence-corrected chi connectivity index (χ1v) is 7.19. The number of carbonyl (C=O) groups is 1. The maximum absolute atomic E-state index is 12.1. The lowest BCUT2D eigenvalue weighted by Gasteiger charge is -2.41. The number of hydrogen-bond donors (Lipinski definition) is 2. The van der Waals surface area contributed by atoms with Crippen molar-refractivity contribution in [1.29, 1.82) is 0 Å². The summed E-state index contributed by atoms with van der Waals surface area (Å²) in [7, 11) is 0. The zero-order valence-corrected chi connectivity index (χ0v) is 12.2. The monoisotopic (exact) mass is 310 g/mol. The van der Waals surface area contributed by atoms with E-state index in [1.807, 2.05) is 6.07 Å². The van der Waals surface area contributed by atoms with Gasteiger partial charge in [0.2, 0.25) is 0 Å². The summed E-state index contributed by atoms with van der Waals surface area (Å²) in [4.78, 5) is 12.1. The summed E-state index contributed by atoms with van der Waals surface area (Å²) in [5.41, 5.74) is 7.27. The molecule has 1 aliphatic rings. The first-order valence-electron chi connectivity index (χ1n) is 6.39. The molecular weight excluding hydrogens is 292 g/mol. The van der Waals surface area contributed by atoms with Gasteiger partial charge in [-0.3, -0.25) is 4.79 Å². The summed E-state index contributed by atoms with van der Waals surface area (Å²) < 4.78 is 0.786. The van der Waals surface area contributed by atoms with Gasteiger partial charge in [-0.2, -0.15) is 0 Å². The molecule has 4 heteroatoms. The molecule has 3 nitrogen and oxygen atoms in total. The maximum Gasteiger partial charge on any atom is 0.252 e. The summed E-state index contributed by atoms with van der Waals surface area (Å²) in [6.45, 7) is 2.96. The smallest absolute Gasteiger partial charge is 0.252 e. The number of rotatable bonds is 4. The molecule has 0 heterocycles. The fourth-order valence-corrected chi connectivity index (χ4v) is 2.84. The van der Waals surface area contributed by atoms with Crippen molar-refractivity contribution in [2.45, 2.75) is 32.6 Å². The molecule has 3 N–H and O–H groups in total. The van der Waals surface area contributed by atoms with E-state index in [9.17, 15) is 4.79 Å². The van der Waals surface area contributed by atoms with Gasteiger partial charge in [-0.1, -0.05) is 13.3 Å². The molecule has 18 heavy (non-hydrogen) atoms. The van der Waals surface area contributed by atoms with Crippen LogP contribution in [0.5, 0.6) is 0 Å². The van der Waals surface area contributed by atoms with E-state index in [1.165, 1.54) is 19.3 Å². The van der Waals surface area contributed by atoms with Crippen LogP contribution in [0.25, 0.3) is 0 Å². The zero-order valence-electron chi connectivity index (χ0n) is 10.6. The number of hydrogen-bond acceptors (Lipinski definition) is 2. The molecule has 1 saturated carbocycles. The highest BCUT2D eigenvalue weighted by Gasteiger charge is 2.35. The summed E-state index contributed by atoms with van der Waals surface area (Å²) >= 11 is 3.38. The van der Waals surface area contributed by atoms with Crippen molar-refractivity contribution in [3.8, 4) is 0 Å². The van der Waals surface area contributed by atoms with E-state index in [-0.39, 0.29) is 5.91 Å². The minimum Gasteiger partial charge on any atom is -0.399 e. The Morgan fingerprint density at radius 1 is 1.50 bits per heavy atom. The Bertz CT molecular complexity index is 450.